The van der Waals surface area contributed by atoms with Gasteiger partial charge in [0, 0.05) is 16.8 Å². The van der Waals surface area contributed by atoms with Crippen LogP contribution < -0.4 is 5.73 Å². The van der Waals surface area contributed by atoms with Crippen LogP contribution in [0.1, 0.15) is 57.4 Å². The highest BCUT2D eigenvalue weighted by Gasteiger charge is 2.20. The summed E-state index contributed by atoms with van der Waals surface area (Å²) in [5.41, 5.74) is 9.30. The summed E-state index contributed by atoms with van der Waals surface area (Å²) in [5.74, 6) is 0.951. The largest absolute Gasteiger partial charge is 0.330 e. The van der Waals surface area contributed by atoms with Gasteiger partial charge in [-0.15, -0.1) is 0 Å². The molecule has 0 spiro atoms. The van der Waals surface area contributed by atoms with E-state index in [9.17, 15) is 0 Å². The summed E-state index contributed by atoms with van der Waals surface area (Å²) in [6.45, 7) is 11.4. The maximum Gasteiger partial charge on any atom is 0.134 e. The van der Waals surface area contributed by atoms with Crippen LogP contribution in [0, 0.1) is 0 Å². The van der Waals surface area contributed by atoms with Crippen LogP contribution >= 0.6 is 0 Å². The van der Waals surface area contributed by atoms with E-state index in [2.05, 4.69) is 34.6 Å². The molecule has 0 fully saturated rings. The van der Waals surface area contributed by atoms with E-state index in [1.165, 1.54) is 17.0 Å². The van der Waals surface area contributed by atoms with Crippen LogP contribution in [0.2, 0.25) is 0 Å². The number of aryl methyl sites for hydroxylation is 2. The first-order valence-electron chi connectivity index (χ1n) is 6.53. The third kappa shape index (κ3) is 3.25. The summed E-state index contributed by atoms with van der Waals surface area (Å²) in [4.78, 5) is 9.45. The summed E-state index contributed by atoms with van der Waals surface area (Å²) in [7, 11) is 0. The summed E-state index contributed by atoms with van der Waals surface area (Å²) >= 11 is 0. The lowest BCUT2D eigenvalue weighted by Crippen LogP contribution is -2.21. The van der Waals surface area contributed by atoms with Crippen molar-refractivity contribution < 1.29 is 0 Å². The van der Waals surface area contributed by atoms with E-state index >= 15 is 0 Å². The molecule has 0 aliphatic heterocycles. The quantitative estimate of drug-likeness (QED) is 0.872. The van der Waals surface area contributed by atoms with Crippen LogP contribution in [0.3, 0.4) is 0 Å². The minimum absolute atomic E-state index is 0.00901. The van der Waals surface area contributed by atoms with Crippen molar-refractivity contribution >= 4 is 0 Å². The second-order valence-corrected chi connectivity index (χ2v) is 5.41. The molecular weight excluding hydrogens is 210 g/mol. The first-order valence-corrected chi connectivity index (χ1v) is 6.53. The number of nitrogens with two attached hydrogens (primary N) is 1. The molecule has 1 aromatic heterocycles. The van der Waals surface area contributed by atoms with Crippen LogP contribution in [0.5, 0.6) is 0 Å². The maximum absolute atomic E-state index is 5.68. The Bertz CT molecular complexity index is 353. The predicted molar refractivity (Wildman–Crippen MR) is 72.2 cm³/mol. The van der Waals surface area contributed by atoms with Crippen molar-refractivity contribution in [3.05, 3.63) is 22.8 Å². The Labute approximate surface area is 105 Å². The summed E-state index contributed by atoms with van der Waals surface area (Å²) in [5, 5.41) is 0. The lowest BCUT2D eigenvalue weighted by atomic mass is 9.94. The number of nitrogens with zero attached hydrogens (tertiary/aromatic N) is 2. The van der Waals surface area contributed by atoms with E-state index in [1.807, 2.05) is 0 Å². The average molecular weight is 235 g/mol. The van der Waals surface area contributed by atoms with E-state index in [0.29, 0.717) is 6.54 Å². The van der Waals surface area contributed by atoms with Gasteiger partial charge in [0.25, 0.3) is 0 Å². The molecule has 2 N–H and O–H groups in total. The van der Waals surface area contributed by atoms with Gasteiger partial charge in [-0.3, -0.25) is 0 Å². The molecule has 0 atom stereocenters. The van der Waals surface area contributed by atoms with Crippen LogP contribution in [-0.4, -0.2) is 16.5 Å². The van der Waals surface area contributed by atoms with Gasteiger partial charge >= 0.3 is 0 Å². The molecule has 0 amide bonds. The van der Waals surface area contributed by atoms with Gasteiger partial charge in [0.1, 0.15) is 5.82 Å². The molecule has 0 aromatic carbocycles. The van der Waals surface area contributed by atoms with Crippen molar-refractivity contribution in [3.8, 4) is 0 Å². The summed E-state index contributed by atoms with van der Waals surface area (Å²) in [6.07, 6.45) is 2.79. The fraction of sp³-hybridized carbons (Fsp3) is 0.714. The highest BCUT2D eigenvalue weighted by atomic mass is 14.9. The van der Waals surface area contributed by atoms with Gasteiger partial charge in [-0.1, -0.05) is 34.6 Å². The monoisotopic (exact) mass is 235 g/mol. The van der Waals surface area contributed by atoms with E-state index in [-0.39, 0.29) is 5.41 Å². The molecule has 1 heterocycles. The van der Waals surface area contributed by atoms with Gasteiger partial charge in [-0.2, -0.15) is 0 Å². The summed E-state index contributed by atoms with van der Waals surface area (Å²) in [6, 6.07) is 0. The van der Waals surface area contributed by atoms with E-state index in [4.69, 9.17) is 15.7 Å². The Morgan fingerprint density at radius 2 is 1.47 bits per heavy atom. The van der Waals surface area contributed by atoms with Crippen molar-refractivity contribution in [2.24, 2.45) is 5.73 Å². The van der Waals surface area contributed by atoms with Gasteiger partial charge in [0.05, 0.1) is 0 Å². The smallest absolute Gasteiger partial charge is 0.134 e. The van der Waals surface area contributed by atoms with Gasteiger partial charge in [-0.05, 0) is 31.4 Å². The second kappa shape index (κ2) is 5.58. The molecular formula is C14H25N3. The maximum atomic E-state index is 5.68. The topological polar surface area (TPSA) is 51.8 Å². The van der Waals surface area contributed by atoms with E-state index in [1.54, 1.807) is 0 Å². The molecule has 0 saturated carbocycles. The molecule has 0 aliphatic rings. The average Bonchev–Trinajstić information content (AvgIpc) is 2.28. The van der Waals surface area contributed by atoms with Crippen molar-refractivity contribution in [2.75, 3.05) is 6.54 Å². The molecule has 1 aromatic rings. The number of aromatic nitrogens is 2. The van der Waals surface area contributed by atoms with Crippen LogP contribution in [0.15, 0.2) is 0 Å². The predicted octanol–water partition coefficient (Wildman–Crippen LogP) is 2.40. The minimum atomic E-state index is 0.00901. The van der Waals surface area contributed by atoms with Crippen molar-refractivity contribution in [3.63, 3.8) is 0 Å². The van der Waals surface area contributed by atoms with Gasteiger partial charge in [0.15, 0.2) is 0 Å². The fourth-order valence-corrected chi connectivity index (χ4v) is 1.94. The third-order valence-electron chi connectivity index (χ3n) is 2.91. The zero-order valence-electron chi connectivity index (χ0n) is 11.8. The first-order chi connectivity index (χ1) is 7.93. The SMILES string of the molecule is CCc1nc(C(C)(C)C)nc(CC)c1CCN. The van der Waals surface area contributed by atoms with Crippen LogP contribution in [0.4, 0.5) is 0 Å². The third-order valence-corrected chi connectivity index (χ3v) is 2.91. The molecule has 0 bridgehead atoms. The normalized spacial score (nSPS) is 11.9. The van der Waals surface area contributed by atoms with Crippen molar-refractivity contribution in [2.45, 2.75) is 59.3 Å². The molecule has 0 radical (unpaired) electrons. The van der Waals surface area contributed by atoms with Gasteiger partial charge in [-0.25, -0.2) is 9.97 Å². The first kappa shape index (κ1) is 14.1. The number of rotatable bonds is 4. The van der Waals surface area contributed by atoms with E-state index in [0.717, 1.165) is 25.1 Å². The molecule has 0 unspecified atom stereocenters. The Balaban J connectivity index is 3.33. The molecule has 1 rings (SSSR count). The second-order valence-electron chi connectivity index (χ2n) is 5.41. The Kier molecular flexibility index (Phi) is 4.63. The van der Waals surface area contributed by atoms with Crippen LogP contribution in [-0.2, 0) is 24.7 Å². The lowest BCUT2D eigenvalue weighted by Gasteiger charge is -2.21. The van der Waals surface area contributed by atoms with E-state index < -0.39 is 0 Å². The molecule has 3 nitrogen and oxygen atoms in total. The van der Waals surface area contributed by atoms with Gasteiger partial charge in [0.2, 0.25) is 0 Å². The minimum Gasteiger partial charge on any atom is -0.330 e. The van der Waals surface area contributed by atoms with Gasteiger partial charge < -0.3 is 5.73 Å². The lowest BCUT2D eigenvalue weighted by molar-refractivity contribution is 0.535. The molecule has 3 heteroatoms. The Morgan fingerprint density at radius 1 is 1.00 bits per heavy atom. The number of hydrogen-bond acceptors (Lipinski definition) is 3. The zero-order chi connectivity index (χ0) is 13.1. The zero-order valence-corrected chi connectivity index (χ0v) is 11.8. The highest BCUT2D eigenvalue weighted by molar-refractivity contribution is 5.28. The summed E-state index contributed by atoms with van der Waals surface area (Å²) < 4.78 is 0. The van der Waals surface area contributed by atoms with Crippen molar-refractivity contribution in [1.82, 2.24) is 9.97 Å². The Hall–Kier alpha value is -0.960. The Morgan fingerprint density at radius 3 is 1.76 bits per heavy atom. The number of hydrogen-bond donors (Lipinski definition) is 1. The molecule has 0 aliphatic carbocycles. The molecule has 0 saturated heterocycles. The molecule has 17 heavy (non-hydrogen) atoms. The van der Waals surface area contributed by atoms with Crippen molar-refractivity contribution in [1.29, 1.82) is 0 Å². The highest BCUT2D eigenvalue weighted by Crippen LogP contribution is 2.22. The fourth-order valence-electron chi connectivity index (χ4n) is 1.94. The molecule has 96 valence electrons. The standard InChI is InChI=1S/C14H25N3/c1-6-11-10(8-9-15)12(7-2)17-13(16-11)14(3,4)5/h6-9,15H2,1-5H3. The van der Waals surface area contributed by atoms with Crippen LogP contribution in [0.25, 0.3) is 0 Å².